The molecule has 17 heavy (non-hydrogen) atoms. The summed E-state index contributed by atoms with van der Waals surface area (Å²) in [4.78, 5) is 6.97. The van der Waals surface area contributed by atoms with Crippen molar-refractivity contribution in [1.82, 2.24) is 20.5 Å². The van der Waals surface area contributed by atoms with Gasteiger partial charge in [0, 0.05) is 57.6 Å². The van der Waals surface area contributed by atoms with E-state index in [1.807, 2.05) is 0 Å². The van der Waals surface area contributed by atoms with Crippen LogP contribution in [0.4, 0.5) is 0 Å². The number of aryl methyl sites for hydroxylation is 1. The summed E-state index contributed by atoms with van der Waals surface area (Å²) in [6.45, 7) is 10.00. The van der Waals surface area contributed by atoms with E-state index in [1.54, 1.807) is 11.3 Å². The lowest BCUT2D eigenvalue weighted by Crippen LogP contribution is -2.45. The van der Waals surface area contributed by atoms with Gasteiger partial charge in [-0.1, -0.05) is 0 Å². The summed E-state index contributed by atoms with van der Waals surface area (Å²) < 4.78 is 0. The van der Waals surface area contributed by atoms with Crippen molar-refractivity contribution in [2.24, 2.45) is 0 Å². The second-order valence-electron chi connectivity index (χ2n) is 4.45. The first-order valence-corrected chi connectivity index (χ1v) is 7.27. The Labute approximate surface area is 107 Å². The molecule has 2 heterocycles. The lowest BCUT2D eigenvalue weighted by atomic mass is 10.3. The van der Waals surface area contributed by atoms with Crippen molar-refractivity contribution in [3.05, 3.63) is 16.1 Å². The molecule has 1 aromatic heterocycles. The molecule has 0 aromatic carbocycles. The maximum atomic E-state index is 4.46. The Hall–Kier alpha value is -0.490. The first-order chi connectivity index (χ1) is 8.34. The molecule has 0 unspecified atom stereocenters. The molecule has 96 valence electrons. The second-order valence-corrected chi connectivity index (χ2v) is 5.51. The average Bonchev–Trinajstić information content (AvgIpc) is 2.76. The highest BCUT2D eigenvalue weighted by molar-refractivity contribution is 7.09. The van der Waals surface area contributed by atoms with Gasteiger partial charge in [0.1, 0.15) is 0 Å². The topological polar surface area (TPSA) is 40.2 Å². The van der Waals surface area contributed by atoms with Crippen LogP contribution in [0, 0.1) is 6.92 Å². The summed E-state index contributed by atoms with van der Waals surface area (Å²) in [5.74, 6) is 0. The Morgan fingerprint density at radius 2 is 2.24 bits per heavy atom. The summed E-state index contributed by atoms with van der Waals surface area (Å²) in [5.41, 5.74) is 1.22. The average molecular weight is 254 g/mol. The van der Waals surface area contributed by atoms with E-state index in [-0.39, 0.29) is 0 Å². The third kappa shape index (κ3) is 4.71. The van der Waals surface area contributed by atoms with E-state index < -0.39 is 0 Å². The SMILES string of the molecule is Cc1nc(CCNCCN2CCNCC2)cs1. The van der Waals surface area contributed by atoms with Crippen LogP contribution in [0.3, 0.4) is 0 Å². The number of piperazine rings is 1. The van der Waals surface area contributed by atoms with Gasteiger partial charge < -0.3 is 10.6 Å². The van der Waals surface area contributed by atoms with E-state index in [2.05, 4.69) is 32.8 Å². The van der Waals surface area contributed by atoms with E-state index in [9.17, 15) is 0 Å². The summed E-state index contributed by atoms with van der Waals surface area (Å²) in [7, 11) is 0. The van der Waals surface area contributed by atoms with Crippen molar-refractivity contribution in [2.75, 3.05) is 45.8 Å². The summed E-state index contributed by atoms with van der Waals surface area (Å²) in [5, 5.41) is 10.2. The van der Waals surface area contributed by atoms with Crippen molar-refractivity contribution in [2.45, 2.75) is 13.3 Å². The Bertz CT molecular complexity index is 320. The Kier molecular flexibility index (Phi) is 5.38. The van der Waals surface area contributed by atoms with Crippen molar-refractivity contribution in [3.63, 3.8) is 0 Å². The minimum Gasteiger partial charge on any atom is -0.315 e. The Balaban J connectivity index is 1.51. The fourth-order valence-corrected chi connectivity index (χ4v) is 2.68. The lowest BCUT2D eigenvalue weighted by molar-refractivity contribution is 0.241. The smallest absolute Gasteiger partial charge is 0.0897 e. The predicted molar refractivity (Wildman–Crippen MR) is 72.7 cm³/mol. The Morgan fingerprint density at radius 1 is 1.41 bits per heavy atom. The van der Waals surface area contributed by atoms with Gasteiger partial charge in [-0.25, -0.2) is 4.98 Å². The zero-order valence-electron chi connectivity index (χ0n) is 10.5. The minimum atomic E-state index is 1.04. The van der Waals surface area contributed by atoms with Crippen LogP contribution in [0.25, 0.3) is 0 Å². The van der Waals surface area contributed by atoms with Gasteiger partial charge in [0.15, 0.2) is 0 Å². The third-order valence-electron chi connectivity index (χ3n) is 3.04. The minimum absolute atomic E-state index is 1.04. The van der Waals surface area contributed by atoms with Gasteiger partial charge in [-0.15, -0.1) is 11.3 Å². The van der Waals surface area contributed by atoms with Gasteiger partial charge in [0.05, 0.1) is 10.7 Å². The number of rotatable bonds is 6. The second kappa shape index (κ2) is 7.06. The van der Waals surface area contributed by atoms with Gasteiger partial charge in [-0.2, -0.15) is 0 Å². The monoisotopic (exact) mass is 254 g/mol. The van der Waals surface area contributed by atoms with Gasteiger partial charge in [0.25, 0.3) is 0 Å². The molecule has 0 atom stereocenters. The number of aromatic nitrogens is 1. The van der Waals surface area contributed by atoms with Crippen LogP contribution in [0.5, 0.6) is 0 Å². The molecule has 2 rings (SSSR count). The van der Waals surface area contributed by atoms with Gasteiger partial charge >= 0.3 is 0 Å². The number of hydrogen-bond acceptors (Lipinski definition) is 5. The van der Waals surface area contributed by atoms with Crippen LogP contribution in [0.1, 0.15) is 10.7 Å². The molecule has 0 spiro atoms. The van der Waals surface area contributed by atoms with Crippen LogP contribution in [0.15, 0.2) is 5.38 Å². The predicted octanol–water partition coefficient (Wildman–Crippen LogP) is 0.489. The van der Waals surface area contributed by atoms with Crippen LogP contribution in [-0.4, -0.2) is 55.7 Å². The van der Waals surface area contributed by atoms with Crippen LogP contribution in [0.2, 0.25) is 0 Å². The molecule has 4 nitrogen and oxygen atoms in total. The normalized spacial score (nSPS) is 17.5. The molecule has 2 N–H and O–H groups in total. The summed E-state index contributed by atoms with van der Waals surface area (Å²) in [6.07, 6.45) is 1.05. The summed E-state index contributed by atoms with van der Waals surface area (Å²) in [6, 6.07) is 0. The van der Waals surface area contributed by atoms with Crippen LogP contribution < -0.4 is 10.6 Å². The van der Waals surface area contributed by atoms with E-state index in [0.717, 1.165) is 39.1 Å². The molecule has 1 fully saturated rings. The standard InChI is InChI=1S/C12H22N4S/c1-11-15-12(10-17-11)2-3-13-4-7-16-8-5-14-6-9-16/h10,13-14H,2-9H2,1H3. The molecule has 0 amide bonds. The molecule has 0 bridgehead atoms. The first-order valence-electron chi connectivity index (χ1n) is 6.39. The van der Waals surface area contributed by atoms with E-state index >= 15 is 0 Å². The molecule has 0 radical (unpaired) electrons. The van der Waals surface area contributed by atoms with Crippen LogP contribution >= 0.6 is 11.3 Å². The number of thiazole rings is 1. The van der Waals surface area contributed by atoms with Crippen molar-refractivity contribution in [1.29, 1.82) is 0 Å². The maximum Gasteiger partial charge on any atom is 0.0897 e. The van der Waals surface area contributed by atoms with Crippen molar-refractivity contribution in [3.8, 4) is 0 Å². The highest BCUT2D eigenvalue weighted by Crippen LogP contribution is 2.07. The van der Waals surface area contributed by atoms with Crippen molar-refractivity contribution >= 4 is 11.3 Å². The van der Waals surface area contributed by atoms with Crippen molar-refractivity contribution < 1.29 is 0 Å². The molecular formula is C12H22N4S. The van der Waals surface area contributed by atoms with E-state index in [1.165, 1.54) is 23.8 Å². The van der Waals surface area contributed by atoms with Gasteiger partial charge in [0.2, 0.25) is 0 Å². The Morgan fingerprint density at radius 3 is 2.94 bits per heavy atom. The number of nitrogens with one attached hydrogen (secondary N) is 2. The highest BCUT2D eigenvalue weighted by atomic mass is 32.1. The fraction of sp³-hybridized carbons (Fsp3) is 0.750. The molecule has 1 aliphatic heterocycles. The molecule has 1 aromatic rings. The lowest BCUT2D eigenvalue weighted by Gasteiger charge is -2.27. The zero-order chi connectivity index (χ0) is 11.9. The van der Waals surface area contributed by atoms with Crippen LogP contribution in [-0.2, 0) is 6.42 Å². The highest BCUT2D eigenvalue weighted by Gasteiger charge is 2.07. The largest absolute Gasteiger partial charge is 0.315 e. The van der Waals surface area contributed by atoms with E-state index in [4.69, 9.17) is 0 Å². The molecule has 0 aliphatic carbocycles. The molecule has 5 heteroatoms. The third-order valence-corrected chi connectivity index (χ3v) is 3.86. The van der Waals surface area contributed by atoms with E-state index in [0.29, 0.717) is 0 Å². The molecular weight excluding hydrogens is 232 g/mol. The first kappa shape index (κ1) is 13.0. The number of nitrogens with zero attached hydrogens (tertiary/aromatic N) is 2. The maximum absolute atomic E-state index is 4.46. The van der Waals surface area contributed by atoms with Gasteiger partial charge in [-0.05, 0) is 6.92 Å². The molecule has 1 aliphatic rings. The van der Waals surface area contributed by atoms with Gasteiger partial charge in [-0.3, -0.25) is 4.90 Å². The zero-order valence-corrected chi connectivity index (χ0v) is 11.4. The quantitative estimate of drug-likeness (QED) is 0.725. The number of hydrogen-bond donors (Lipinski definition) is 2. The molecule has 1 saturated heterocycles. The molecule has 0 saturated carbocycles. The summed E-state index contributed by atoms with van der Waals surface area (Å²) >= 11 is 1.74. The fourth-order valence-electron chi connectivity index (χ4n) is 2.04.